The van der Waals surface area contributed by atoms with E-state index in [1.54, 1.807) is 30.1 Å². The summed E-state index contributed by atoms with van der Waals surface area (Å²) in [6.45, 7) is 4.91. The lowest BCUT2D eigenvalue weighted by molar-refractivity contribution is -0.137. The molecule has 1 saturated carbocycles. The number of benzene rings is 1. The molecule has 2 fully saturated rings. The van der Waals surface area contributed by atoms with Gasteiger partial charge in [-0.3, -0.25) is 4.98 Å². The van der Waals surface area contributed by atoms with Gasteiger partial charge in [0.05, 0.1) is 5.56 Å². The van der Waals surface area contributed by atoms with Crippen molar-refractivity contribution in [2.75, 3.05) is 25.4 Å². The van der Waals surface area contributed by atoms with Crippen molar-refractivity contribution >= 4 is 11.8 Å². The van der Waals surface area contributed by atoms with Crippen molar-refractivity contribution in [3.05, 3.63) is 59.4 Å². The summed E-state index contributed by atoms with van der Waals surface area (Å²) in [6, 6.07) is 9.71. The van der Waals surface area contributed by atoms with Crippen LogP contribution in [0.5, 0.6) is 0 Å². The van der Waals surface area contributed by atoms with Gasteiger partial charge in [-0.15, -0.1) is 10.2 Å². The average Bonchev–Trinajstić information content (AvgIpc) is 3.17. The van der Waals surface area contributed by atoms with Gasteiger partial charge in [-0.25, -0.2) is 0 Å². The fraction of sp³-hybridized carbons (Fsp3) is 0.458. The van der Waals surface area contributed by atoms with Crippen LogP contribution in [0.1, 0.15) is 29.7 Å². The van der Waals surface area contributed by atoms with Crippen molar-refractivity contribution in [1.29, 1.82) is 0 Å². The summed E-state index contributed by atoms with van der Waals surface area (Å²) >= 11 is 1.70. The molecule has 5 nitrogen and oxygen atoms in total. The number of aromatic nitrogens is 4. The van der Waals surface area contributed by atoms with E-state index in [9.17, 15) is 13.2 Å². The van der Waals surface area contributed by atoms with E-state index in [4.69, 9.17) is 0 Å². The Bertz CT molecular complexity index is 1140. The maximum Gasteiger partial charge on any atom is 0.416 e. The van der Waals surface area contributed by atoms with Gasteiger partial charge in [0.2, 0.25) is 0 Å². The molecular weight excluding hydrogens is 447 g/mol. The van der Waals surface area contributed by atoms with E-state index < -0.39 is 11.7 Å². The van der Waals surface area contributed by atoms with Gasteiger partial charge < -0.3 is 9.47 Å². The van der Waals surface area contributed by atoms with Gasteiger partial charge in [0.1, 0.15) is 0 Å². The number of hydrogen-bond acceptors (Lipinski definition) is 5. The van der Waals surface area contributed by atoms with Crippen molar-refractivity contribution in [3.8, 4) is 11.4 Å². The van der Waals surface area contributed by atoms with Crippen LogP contribution in [-0.4, -0.2) is 50.0 Å². The molecule has 3 aromatic rings. The van der Waals surface area contributed by atoms with Crippen molar-refractivity contribution in [2.45, 2.75) is 36.5 Å². The fourth-order valence-electron chi connectivity index (χ4n) is 5.04. The van der Waals surface area contributed by atoms with Crippen LogP contribution in [0, 0.1) is 12.8 Å². The Kier molecular flexibility index (Phi) is 5.73. The van der Waals surface area contributed by atoms with E-state index >= 15 is 0 Å². The smallest absolute Gasteiger partial charge is 0.305 e. The van der Waals surface area contributed by atoms with E-state index in [2.05, 4.69) is 20.1 Å². The zero-order valence-corrected chi connectivity index (χ0v) is 19.5. The SMILES string of the molecule is Cc1ncccc1-c1nnc(SCCCN2C[C@H]3C[C@]3(c3ccc(C(F)(F)F)cc3)C2)n1C. The fourth-order valence-corrected chi connectivity index (χ4v) is 5.88. The maximum absolute atomic E-state index is 12.9. The van der Waals surface area contributed by atoms with Crippen LogP contribution in [0.25, 0.3) is 11.4 Å². The normalized spacial score (nSPS) is 22.5. The van der Waals surface area contributed by atoms with E-state index in [0.29, 0.717) is 5.92 Å². The monoisotopic (exact) mass is 473 g/mol. The molecule has 1 saturated heterocycles. The van der Waals surface area contributed by atoms with Gasteiger partial charge in [-0.2, -0.15) is 13.2 Å². The third-order valence-electron chi connectivity index (χ3n) is 6.94. The number of pyridine rings is 1. The number of likely N-dealkylation sites (tertiary alicyclic amines) is 1. The van der Waals surface area contributed by atoms with Crippen molar-refractivity contribution in [1.82, 2.24) is 24.6 Å². The summed E-state index contributed by atoms with van der Waals surface area (Å²) in [5, 5.41) is 9.59. The number of piperidine rings is 1. The summed E-state index contributed by atoms with van der Waals surface area (Å²) < 4.78 is 40.6. The maximum atomic E-state index is 12.9. The largest absolute Gasteiger partial charge is 0.416 e. The molecule has 5 rings (SSSR count). The van der Waals surface area contributed by atoms with E-state index in [-0.39, 0.29) is 5.41 Å². The minimum atomic E-state index is -4.28. The molecule has 2 aliphatic rings. The number of fused-ring (bicyclic) bond motifs is 1. The molecule has 0 radical (unpaired) electrons. The number of aryl methyl sites for hydroxylation is 1. The Morgan fingerprint density at radius 1 is 1.15 bits per heavy atom. The Morgan fingerprint density at radius 2 is 1.94 bits per heavy atom. The second-order valence-electron chi connectivity index (χ2n) is 9.07. The Labute approximate surface area is 195 Å². The lowest BCUT2D eigenvalue weighted by atomic mass is 9.94. The molecular formula is C24H26F3N5S. The molecule has 2 aromatic heterocycles. The summed E-state index contributed by atoms with van der Waals surface area (Å²) in [4.78, 5) is 6.79. The van der Waals surface area contributed by atoms with Gasteiger partial charge in [0, 0.05) is 48.8 Å². The molecule has 0 unspecified atom stereocenters. The third kappa shape index (κ3) is 4.28. The molecule has 0 spiro atoms. The second kappa shape index (κ2) is 8.43. The minimum Gasteiger partial charge on any atom is -0.305 e. The molecule has 0 bridgehead atoms. The van der Waals surface area contributed by atoms with Gasteiger partial charge >= 0.3 is 6.18 Å². The molecule has 9 heteroatoms. The zero-order chi connectivity index (χ0) is 23.2. The first kappa shape index (κ1) is 22.4. The van der Waals surface area contributed by atoms with Gasteiger partial charge in [0.15, 0.2) is 11.0 Å². The van der Waals surface area contributed by atoms with Gasteiger partial charge in [0.25, 0.3) is 0 Å². The number of halogens is 3. The third-order valence-corrected chi connectivity index (χ3v) is 8.04. The predicted octanol–water partition coefficient (Wildman–Crippen LogP) is 4.96. The Hall–Kier alpha value is -2.39. The average molecular weight is 474 g/mol. The molecule has 0 N–H and O–H groups in total. The highest BCUT2D eigenvalue weighted by Crippen LogP contribution is 2.59. The number of alkyl halides is 3. The van der Waals surface area contributed by atoms with Crippen molar-refractivity contribution in [2.24, 2.45) is 13.0 Å². The molecule has 2 atom stereocenters. The van der Waals surface area contributed by atoms with Crippen LogP contribution in [0.15, 0.2) is 47.8 Å². The van der Waals surface area contributed by atoms with Crippen LogP contribution in [0.2, 0.25) is 0 Å². The van der Waals surface area contributed by atoms with Gasteiger partial charge in [-0.1, -0.05) is 23.9 Å². The van der Waals surface area contributed by atoms with E-state index in [1.807, 2.05) is 30.7 Å². The lowest BCUT2D eigenvalue weighted by Gasteiger charge is -2.21. The number of nitrogens with zero attached hydrogens (tertiary/aromatic N) is 5. The molecule has 3 heterocycles. The summed E-state index contributed by atoms with van der Waals surface area (Å²) in [6.07, 6.45) is -0.401. The topological polar surface area (TPSA) is 46.8 Å². The predicted molar refractivity (Wildman–Crippen MR) is 122 cm³/mol. The zero-order valence-electron chi connectivity index (χ0n) is 18.6. The van der Waals surface area contributed by atoms with Crippen LogP contribution in [0.4, 0.5) is 13.2 Å². The summed E-state index contributed by atoms with van der Waals surface area (Å²) in [5.74, 6) is 2.32. The standard InChI is InChI=1S/C24H26F3N5S/c1-16-20(5-3-10-28-16)21-29-30-22(31(21)2)33-12-4-11-32-14-19-13-23(19,15-32)17-6-8-18(9-7-17)24(25,26)27/h3,5-10,19H,4,11-15H2,1-2H3/t19-,23-/m1/s1. The minimum absolute atomic E-state index is 0.0529. The second-order valence-corrected chi connectivity index (χ2v) is 10.1. The van der Waals surface area contributed by atoms with Gasteiger partial charge in [-0.05, 0) is 62.1 Å². The highest BCUT2D eigenvalue weighted by atomic mass is 32.2. The molecule has 1 aliphatic carbocycles. The Morgan fingerprint density at radius 3 is 2.67 bits per heavy atom. The van der Waals surface area contributed by atoms with E-state index in [1.165, 1.54) is 12.1 Å². The van der Waals surface area contributed by atoms with Crippen LogP contribution in [0.3, 0.4) is 0 Å². The van der Waals surface area contributed by atoms with Crippen LogP contribution >= 0.6 is 11.8 Å². The van der Waals surface area contributed by atoms with E-state index in [0.717, 1.165) is 66.0 Å². The number of hydrogen-bond donors (Lipinski definition) is 0. The Balaban J connectivity index is 1.13. The highest BCUT2D eigenvalue weighted by molar-refractivity contribution is 7.99. The number of rotatable bonds is 7. The number of thioether (sulfide) groups is 1. The van der Waals surface area contributed by atoms with Crippen molar-refractivity contribution in [3.63, 3.8) is 0 Å². The molecule has 1 aliphatic heterocycles. The molecule has 174 valence electrons. The van der Waals surface area contributed by atoms with Crippen molar-refractivity contribution < 1.29 is 13.2 Å². The first-order valence-corrected chi connectivity index (χ1v) is 12.1. The first-order chi connectivity index (χ1) is 15.8. The lowest BCUT2D eigenvalue weighted by Crippen LogP contribution is -2.28. The summed E-state index contributed by atoms with van der Waals surface area (Å²) in [7, 11) is 1.98. The molecule has 0 amide bonds. The molecule has 33 heavy (non-hydrogen) atoms. The summed E-state index contributed by atoms with van der Waals surface area (Å²) in [5.41, 5.74) is 2.45. The van der Waals surface area contributed by atoms with Crippen LogP contribution < -0.4 is 0 Å². The first-order valence-electron chi connectivity index (χ1n) is 11.1. The molecule has 1 aromatic carbocycles. The quantitative estimate of drug-likeness (QED) is 0.359. The highest BCUT2D eigenvalue weighted by Gasteiger charge is 2.60. The van der Waals surface area contributed by atoms with Crippen LogP contribution in [-0.2, 0) is 18.6 Å².